The van der Waals surface area contributed by atoms with Gasteiger partial charge < -0.3 is 9.47 Å². The first-order valence-electron chi connectivity index (χ1n) is 5.79. The molecular weight excluding hydrogens is 248 g/mol. The molecule has 7 nitrogen and oxygen atoms in total. The van der Waals surface area contributed by atoms with E-state index in [1.807, 2.05) is 6.92 Å². The molecule has 0 aliphatic rings. The van der Waals surface area contributed by atoms with Crippen LogP contribution in [0.25, 0.3) is 0 Å². The smallest absolute Gasteiger partial charge is 0.264 e. The summed E-state index contributed by atoms with van der Waals surface area (Å²) in [5.41, 5.74) is 0. The van der Waals surface area contributed by atoms with Crippen LogP contribution in [0.2, 0.25) is 0 Å². The summed E-state index contributed by atoms with van der Waals surface area (Å²) in [4.78, 5) is 15.3. The zero-order valence-electron chi connectivity index (χ0n) is 10.4. The number of hydrogen-bond donors (Lipinski definition) is 2. The van der Waals surface area contributed by atoms with Crippen molar-refractivity contribution in [2.24, 2.45) is 0 Å². The van der Waals surface area contributed by atoms with Gasteiger partial charge in [0.25, 0.3) is 5.91 Å². The molecule has 0 saturated carbocycles. The van der Waals surface area contributed by atoms with Crippen LogP contribution in [-0.2, 0) is 4.79 Å². The van der Waals surface area contributed by atoms with Crippen LogP contribution in [0.1, 0.15) is 6.92 Å². The number of hydrogen-bond acceptors (Lipinski definition) is 5. The van der Waals surface area contributed by atoms with Gasteiger partial charge in [-0.15, -0.1) is 0 Å². The van der Waals surface area contributed by atoms with Gasteiger partial charge >= 0.3 is 0 Å². The number of benzene rings is 1. The third kappa shape index (κ3) is 3.98. The molecule has 0 spiro atoms. The molecule has 2 aromatic rings. The highest BCUT2D eigenvalue weighted by Crippen LogP contribution is 2.17. The predicted molar refractivity (Wildman–Crippen MR) is 68.1 cm³/mol. The fraction of sp³-hybridized carbons (Fsp3) is 0.250. The SMILES string of the molecule is CCOc1ccc(OCC(=O)Nc2ncn[nH]2)cc1. The van der Waals surface area contributed by atoms with Gasteiger partial charge in [-0.1, -0.05) is 0 Å². The molecule has 0 aliphatic heterocycles. The van der Waals surface area contributed by atoms with Crippen LogP contribution in [0.3, 0.4) is 0 Å². The van der Waals surface area contributed by atoms with Crippen LogP contribution in [-0.4, -0.2) is 34.3 Å². The summed E-state index contributed by atoms with van der Waals surface area (Å²) in [5, 5.41) is 8.64. The van der Waals surface area contributed by atoms with Crippen molar-refractivity contribution < 1.29 is 14.3 Å². The maximum Gasteiger partial charge on any atom is 0.264 e. The molecule has 0 aliphatic carbocycles. The van der Waals surface area contributed by atoms with Crippen molar-refractivity contribution in [3.05, 3.63) is 30.6 Å². The molecule has 1 aromatic heterocycles. The summed E-state index contributed by atoms with van der Waals surface area (Å²) in [7, 11) is 0. The van der Waals surface area contributed by atoms with Crippen molar-refractivity contribution in [3.63, 3.8) is 0 Å². The Morgan fingerprint density at radius 1 is 1.26 bits per heavy atom. The van der Waals surface area contributed by atoms with Crippen molar-refractivity contribution in [1.29, 1.82) is 0 Å². The van der Waals surface area contributed by atoms with Crippen molar-refractivity contribution in [2.45, 2.75) is 6.92 Å². The van der Waals surface area contributed by atoms with Crippen LogP contribution in [0.4, 0.5) is 5.95 Å². The van der Waals surface area contributed by atoms with E-state index in [9.17, 15) is 4.79 Å². The molecule has 7 heteroatoms. The first kappa shape index (κ1) is 12.9. The molecule has 1 aromatic carbocycles. The van der Waals surface area contributed by atoms with Gasteiger partial charge in [-0.2, -0.15) is 10.1 Å². The van der Waals surface area contributed by atoms with Gasteiger partial charge in [-0.25, -0.2) is 5.10 Å². The lowest BCUT2D eigenvalue weighted by Crippen LogP contribution is -2.20. The van der Waals surface area contributed by atoms with Crippen LogP contribution in [0.5, 0.6) is 11.5 Å². The van der Waals surface area contributed by atoms with Gasteiger partial charge in [0.15, 0.2) is 6.61 Å². The molecule has 0 radical (unpaired) electrons. The zero-order valence-corrected chi connectivity index (χ0v) is 10.4. The molecule has 0 bridgehead atoms. The van der Waals surface area contributed by atoms with Gasteiger partial charge in [0.1, 0.15) is 17.8 Å². The summed E-state index contributed by atoms with van der Waals surface area (Å²) >= 11 is 0. The molecule has 19 heavy (non-hydrogen) atoms. The summed E-state index contributed by atoms with van der Waals surface area (Å²) < 4.78 is 10.6. The first-order valence-corrected chi connectivity index (χ1v) is 5.79. The molecule has 1 amide bonds. The third-order valence-electron chi connectivity index (χ3n) is 2.18. The highest BCUT2D eigenvalue weighted by Gasteiger charge is 2.05. The molecule has 2 N–H and O–H groups in total. The normalized spacial score (nSPS) is 9.95. The van der Waals surface area contributed by atoms with E-state index in [-0.39, 0.29) is 12.5 Å². The number of rotatable bonds is 6. The fourth-order valence-corrected chi connectivity index (χ4v) is 1.38. The van der Waals surface area contributed by atoms with E-state index in [0.29, 0.717) is 18.3 Å². The Labute approximate surface area is 110 Å². The highest BCUT2D eigenvalue weighted by molar-refractivity contribution is 5.90. The lowest BCUT2D eigenvalue weighted by atomic mass is 10.3. The molecule has 1 heterocycles. The second kappa shape index (κ2) is 6.39. The largest absolute Gasteiger partial charge is 0.494 e. The van der Waals surface area contributed by atoms with Crippen molar-refractivity contribution in [2.75, 3.05) is 18.5 Å². The molecule has 100 valence electrons. The summed E-state index contributed by atoms with van der Waals surface area (Å²) in [6.45, 7) is 2.42. The number of nitrogens with one attached hydrogen (secondary N) is 2. The third-order valence-corrected chi connectivity index (χ3v) is 2.18. The molecule has 2 rings (SSSR count). The van der Waals surface area contributed by atoms with E-state index in [1.54, 1.807) is 24.3 Å². The van der Waals surface area contributed by atoms with Crippen molar-refractivity contribution in [3.8, 4) is 11.5 Å². The Bertz CT molecular complexity index is 510. The Morgan fingerprint density at radius 2 is 1.95 bits per heavy atom. The van der Waals surface area contributed by atoms with E-state index in [1.165, 1.54) is 6.33 Å². The molecule has 0 fully saturated rings. The Kier molecular flexibility index (Phi) is 4.33. The Morgan fingerprint density at radius 3 is 2.53 bits per heavy atom. The number of amides is 1. The predicted octanol–water partition coefficient (Wildman–Crippen LogP) is 1.22. The lowest BCUT2D eigenvalue weighted by Gasteiger charge is -2.07. The Hall–Kier alpha value is -2.57. The van der Waals surface area contributed by atoms with Gasteiger partial charge in [0, 0.05) is 0 Å². The van der Waals surface area contributed by atoms with E-state index in [0.717, 1.165) is 5.75 Å². The topological polar surface area (TPSA) is 89.1 Å². The second-order valence-corrected chi connectivity index (χ2v) is 3.58. The van der Waals surface area contributed by atoms with Crippen LogP contribution in [0.15, 0.2) is 30.6 Å². The number of H-pyrrole nitrogens is 1. The second-order valence-electron chi connectivity index (χ2n) is 3.58. The first-order chi connectivity index (χ1) is 9.28. The number of anilines is 1. The maximum absolute atomic E-state index is 11.5. The van der Waals surface area contributed by atoms with E-state index in [2.05, 4.69) is 20.5 Å². The minimum absolute atomic E-state index is 0.102. The van der Waals surface area contributed by atoms with Gasteiger partial charge in [-0.05, 0) is 31.2 Å². The van der Waals surface area contributed by atoms with Gasteiger partial charge in [0.2, 0.25) is 5.95 Å². The number of carbonyl (C=O) groups is 1. The summed E-state index contributed by atoms with van der Waals surface area (Å²) in [6, 6.07) is 7.06. The van der Waals surface area contributed by atoms with Crippen LogP contribution < -0.4 is 14.8 Å². The van der Waals surface area contributed by atoms with E-state index in [4.69, 9.17) is 9.47 Å². The van der Waals surface area contributed by atoms with Gasteiger partial charge in [-0.3, -0.25) is 10.1 Å². The number of aromatic amines is 1. The number of aromatic nitrogens is 3. The van der Waals surface area contributed by atoms with E-state index < -0.39 is 0 Å². The molecule has 0 saturated heterocycles. The van der Waals surface area contributed by atoms with Crippen LogP contribution >= 0.6 is 0 Å². The average molecular weight is 262 g/mol. The van der Waals surface area contributed by atoms with Crippen LogP contribution in [0, 0.1) is 0 Å². The number of ether oxygens (including phenoxy) is 2. The zero-order chi connectivity index (χ0) is 13.5. The average Bonchev–Trinajstić information content (AvgIpc) is 2.91. The quantitative estimate of drug-likeness (QED) is 0.817. The van der Waals surface area contributed by atoms with Crippen molar-refractivity contribution >= 4 is 11.9 Å². The Balaban J connectivity index is 1.79. The minimum atomic E-state index is -0.314. The number of carbonyl (C=O) groups excluding carboxylic acids is 1. The van der Waals surface area contributed by atoms with E-state index >= 15 is 0 Å². The monoisotopic (exact) mass is 262 g/mol. The minimum Gasteiger partial charge on any atom is -0.494 e. The number of nitrogens with zero attached hydrogens (tertiary/aromatic N) is 2. The lowest BCUT2D eigenvalue weighted by molar-refractivity contribution is -0.118. The summed E-state index contributed by atoms with van der Waals surface area (Å²) in [6.07, 6.45) is 1.31. The van der Waals surface area contributed by atoms with Gasteiger partial charge in [0.05, 0.1) is 6.61 Å². The van der Waals surface area contributed by atoms with Crippen molar-refractivity contribution in [1.82, 2.24) is 15.2 Å². The fourth-order valence-electron chi connectivity index (χ4n) is 1.38. The summed E-state index contributed by atoms with van der Waals surface area (Å²) in [5.74, 6) is 1.34. The molecule has 0 unspecified atom stereocenters. The standard InChI is InChI=1S/C12H14N4O3/c1-2-18-9-3-5-10(6-4-9)19-7-11(17)15-12-13-8-14-16-12/h3-6,8H,2,7H2,1H3,(H2,13,14,15,16,17). The molecular formula is C12H14N4O3. The highest BCUT2D eigenvalue weighted by atomic mass is 16.5. The molecule has 0 atom stereocenters. The maximum atomic E-state index is 11.5.